The average molecular weight is 343 g/mol. The molecule has 5 nitrogen and oxygen atoms in total. The maximum atomic E-state index is 13.6. The van der Waals surface area contributed by atoms with Crippen LogP contribution in [0.2, 0.25) is 10.0 Å². The summed E-state index contributed by atoms with van der Waals surface area (Å²) in [5.41, 5.74) is -0.0695. The predicted molar refractivity (Wildman–Crippen MR) is 81.9 cm³/mol. The Morgan fingerprint density at radius 1 is 1.23 bits per heavy atom. The van der Waals surface area contributed by atoms with Crippen molar-refractivity contribution in [3.63, 3.8) is 0 Å². The first-order valence-electron chi connectivity index (χ1n) is 6.04. The lowest BCUT2D eigenvalue weighted by Gasteiger charge is -2.08. The number of halogens is 3. The van der Waals surface area contributed by atoms with Crippen LogP contribution in [-0.2, 0) is 11.2 Å². The highest BCUT2D eigenvalue weighted by atomic mass is 35.5. The SMILES string of the molecule is O=C(Cc1ccc(Cl)cc1Cl)Nc1cc([N+](=O)[O-])ccc1F. The normalized spacial score (nSPS) is 10.3. The Morgan fingerprint density at radius 3 is 2.59 bits per heavy atom. The molecular weight excluding hydrogens is 334 g/mol. The summed E-state index contributed by atoms with van der Waals surface area (Å²) in [6, 6.07) is 7.53. The third-order valence-electron chi connectivity index (χ3n) is 2.80. The van der Waals surface area contributed by atoms with Crippen molar-refractivity contribution in [2.75, 3.05) is 5.32 Å². The molecule has 0 radical (unpaired) electrons. The third kappa shape index (κ3) is 3.93. The van der Waals surface area contributed by atoms with Gasteiger partial charge in [0, 0.05) is 22.2 Å². The van der Waals surface area contributed by atoms with E-state index in [0.717, 1.165) is 18.2 Å². The number of nitrogens with zero attached hydrogens (tertiary/aromatic N) is 1. The number of benzene rings is 2. The van der Waals surface area contributed by atoms with Gasteiger partial charge in [0.05, 0.1) is 17.0 Å². The van der Waals surface area contributed by atoms with Gasteiger partial charge in [-0.15, -0.1) is 0 Å². The molecule has 1 N–H and O–H groups in total. The number of anilines is 1. The van der Waals surface area contributed by atoms with Crippen molar-refractivity contribution in [2.24, 2.45) is 0 Å². The van der Waals surface area contributed by atoms with Crippen molar-refractivity contribution < 1.29 is 14.1 Å². The van der Waals surface area contributed by atoms with Crippen molar-refractivity contribution in [1.82, 2.24) is 0 Å². The molecule has 0 unspecified atom stereocenters. The van der Waals surface area contributed by atoms with Gasteiger partial charge in [-0.1, -0.05) is 29.3 Å². The van der Waals surface area contributed by atoms with E-state index in [2.05, 4.69) is 5.32 Å². The maximum Gasteiger partial charge on any atom is 0.271 e. The molecule has 0 bridgehead atoms. The van der Waals surface area contributed by atoms with Crippen LogP contribution in [0.25, 0.3) is 0 Å². The molecule has 114 valence electrons. The van der Waals surface area contributed by atoms with E-state index < -0.39 is 16.6 Å². The van der Waals surface area contributed by atoms with Gasteiger partial charge in [-0.2, -0.15) is 0 Å². The fourth-order valence-electron chi connectivity index (χ4n) is 1.76. The summed E-state index contributed by atoms with van der Waals surface area (Å²) in [5, 5.41) is 13.7. The zero-order valence-corrected chi connectivity index (χ0v) is 12.5. The van der Waals surface area contributed by atoms with Crippen LogP contribution < -0.4 is 5.32 Å². The largest absolute Gasteiger partial charge is 0.323 e. The molecule has 0 aromatic heterocycles. The second-order valence-electron chi connectivity index (χ2n) is 4.38. The van der Waals surface area contributed by atoms with Crippen LogP contribution in [0.15, 0.2) is 36.4 Å². The van der Waals surface area contributed by atoms with Gasteiger partial charge < -0.3 is 5.32 Å². The van der Waals surface area contributed by atoms with Gasteiger partial charge in [0.15, 0.2) is 0 Å². The highest BCUT2D eigenvalue weighted by molar-refractivity contribution is 6.35. The van der Waals surface area contributed by atoms with E-state index in [9.17, 15) is 19.3 Å². The number of non-ortho nitro benzene ring substituents is 1. The topological polar surface area (TPSA) is 72.2 Å². The van der Waals surface area contributed by atoms with Gasteiger partial charge in [-0.05, 0) is 23.8 Å². The number of hydrogen-bond donors (Lipinski definition) is 1. The molecule has 0 fully saturated rings. The van der Waals surface area contributed by atoms with Gasteiger partial charge in [0.2, 0.25) is 5.91 Å². The average Bonchev–Trinajstić information content (AvgIpc) is 2.44. The lowest BCUT2D eigenvalue weighted by atomic mass is 10.1. The van der Waals surface area contributed by atoms with Crippen molar-refractivity contribution in [1.29, 1.82) is 0 Å². The molecule has 0 aliphatic carbocycles. The number of carbonyl (C=O) groups is 1. The standard InChI is InChI=1S/C14H9Cl2FN2O3/c15-9-2-1-8(11(16)6-9)5-14(20)18-13-7-10(19(21)22)3-4-12(13)17/h1-4,6-7H,5H2,(H,18,20). The summed E-state index contributed by atoms with van der Waals surface area (Å²) in [6.07, 6.45) is -0.113. The summed E-state index contributed by atoms with van der Waals surface area (Å²) in [5.74, 6) is -1.32. The Hall–Kier alpha value is -2.18. The molecule has 2 aromatic carbocycles. The molecule has 0 saturated carbocycles. The molecule has 2 aromatic rings. The minimum absolute atomic E-state index is 0.113. The van der Waals surface area contributed by atoms with Crippen molar-refractivity contribution in [3.05, 3.63) is 67.9 Å². The monoisotopic (exact) mass is 342 g/mol. The Bertz CT molecular complexity index is 753. The summed E-state index contributed by atoms with van der Waals surface area (Å²) in [6.45, 7) is 0. The van der Waals surface area contributed by atoms with E-state index in [1.54, 1.807) is 12.1 Å². The molecule has 8 heteroatoms. The summed E-state index contributed by atoms with van der Waals surface area (Å²) < 4.78 is 13.6. The first kappa shape index (κ1) is 16.2. The van der Waals surface area contributed by atoms with Crippen molar-refractivity contribution >= 4 is 40.5 Å². The number of rotatable bonds is 4. The maximum absolute atomic E-state index is 13.6. The van der Waals surface area contributed by atoms with E-state index in [4.69, 9.17) is 23.2 Å². The fraction of sp³-hybridized carbons (Fsp3) is 0.0714. The van der Waals surface area contributed by atoms with Gasteiger partial charge in [0.25, 0.3) is 5.69 Å². The number of carbonyl (C=O) groups excluding carboxylic acids is 1. The van der Waals surface area contributed by atoms with Gasteiger partial charge in [0.1, 0.15) is 5.82 Å². The number of hydrogen-bond acceptors (Lipinski definition) is 3. The minimum Gasteiger partial charge on any atom is -0.323 e. The van der Waals surface area contributed by atoms with Crippen LogP contribution in [-0.4, -0.2) is 10.8 Å². The van der Waals surface area contributed by atoms with Crippen molar-refractivity contribution in [2.45, 2.75) is 6.42 Å². The molecule has 0 spiro atoms. The Kier molecular flexibility index (Phi) is 4.95. The van der Waals surface area contributed by atoms with E-state index in [1.807, 2.05) is 0 Å². The Labute approximate surface area is 134 Å². The first-order chi connectivity index (χ1) is 10.4. The molecular formula is C14H9Cl2FN2O3. The highest BCUT2D eigenvalue weighted by Gasteiger charge is 2.14. The quantitative estimate of drug-likeness (QED) is 0.667. The van der Waals surface area contributed by atoms with Gasteiger partial charge in [-0.25, -0.2) is 4.39 Å². The lowest BCUT2D eigenvalue weighted by Crippen LogP contribution is -2.15. The second-order valence-corrected chi connectivity index (χ2v) is 5.23. The highest BCUT2D eigenvalue weighted by Crippen LogP contribution is 2.23. The van der Waals surface area contributed by atoms with Crippen LogP contribution >= 0.6 is 23.2 Å². The molecule has 0 saturated heterocycles. The Balaban J connectivity index is 2.15. The summed E-state index contributed by atoms with van der Waals surface area (Å²) >= 11 is 11.7. The zero-order chi connectivity index (χ0) is 16.3. The van der Waals surface area contributed by atoms with Gasteiger partial charge in [-0.3, -0.25) is 14.9 Å². The van der Waals surface area contributed by atoms with Crippen LogP contribution in [0, 0.1) is 15.9 Å². The molecule has 0 aliphatic rings. The number of nitrogens with one attached hydrogen (secondary N) is 1. The van der Waals surface area contributed by atoms with Crippen molar-refractivity contribution in [3.8, 4) is 0 Å². The molecule has 2 rings (SSSR count). The predicted octanol–water partition coefficient (Wildman–Crippen LogP) is 4.22. The van der Waals surface area contributed by atoms with E-state index in [0.29, 0.717) is 15.6 Å². The first-order valence-corrected chi connectivity index (χ1v) is 6.80. The summed E-state index contributed by atoms with van der Waals surface area (Å²) in [4.78, 5) is 21.9. The van der Waals surface area contributed by atoms with E-state index in [1.165, 1.54) is 6.07 Å². The second kappa shape index (κ2) is 6.72. The molecule has 0 atom stereocenters. The smallest absolute Gasteiger partial charge is 0.271 e. The fourth-order valence-corrected chi connectivity index (χ4v) is 2.23. The van der Waals surface area contributed by atoms with E-state index >= 15 is 0 Å². The zero-order valence-electron chi connectivity index (χ0n) is 11.0. The van der Waals surface area contributed by atoms with Crippen LogP contribution in [0.3, 0.4) is 0 Å². The Morgan fingerprint density at radius 2 is 1.95 bits per heavy atom. The number of nitro groups is 1. The lowest BCUT2D eigenvalue weighted by molar-refractivity contribution is -0.384. The number of amides is 1. The molecule has 1 amide bonds. The molecule has 0 aliphatic heterocycles. The van der Waals surface area contributed by atoms with Crippen LogP contribution in [0.4, 0.5) is 15.8 Å². The van der Waals surface area contributed by atoms with Crippen LogP contribution in [0.1, 0.15) is 5.56 Å². The minimum atomic E-state index is -0.763. The van der Waals surface area contributed by atoms with E-state index in [-0.39, 0.29) is 17.8 Å². The number of nitro benzene ring substituents is 1. The summed E-state index contributed by atoms with van der Waals surface area (Å²) in [7, 11) is 0. The van der Waals surface area contributed by atoms with Gasteiger partial charge >= 0.3 is 0 Å². The van der Waals surface area contributed by atoms with Crippen LogP contribution in [0.5, 0.6) is 0 Å². The molecule has 0 heterocycles. The molecule has 22 heavy (non-hydrogen) atoms. The third-order valence-corrected chi connectivity index (χ3v) is 3.39.